The minimum atomic E-state index is 0.306. The van der Waals surface area contributed by atoms with Gasteiger partial charge in [0.2, 0.25) is 0 Å². The van der Waals surface area contributed by atoms with Crippen LogP contribution >= 0.6 is 0 Å². The van der Waals surface area contributed by atoms with Crippen LogP contribution in [0.4, 0.5) is 0 Å². The van der Waals surface area contributed by atoms with Crippen LogP contribution in [0.2, 0.25) is 0 Å². The molecule has 1 N–H and O–H groups in total. The number of hydrogen-bond donors (Lipinski definition) is 1. The summed E-state index contributed by atoms with van der Waals surface area (Å²) in [6.45, 7) is 0. The first-order chi connectivity index (χ1) is 4.93. The number of rotatable bonds is 1. The summed E-state index contributed by atoms with van der Waals surface area (Å²) in [6, 6.07) is 9.10. The Kier molecular flexibility index (Phi) is 6.10. The van der Waals surface area contributed by atoms with Crippen molar-refractivity contribution >= 4 is 22.9 Å². The molecule has 0 spiro atoms. The Balaban J connectivity index is 0.000000371. The van der Waals surface area contributed by atoms with Crippen LogP contribution in [0, 0.1) is 0 Å². The molecule has 0 aliphatic carbocycles. The molecule has 0 saturated heterocycles. The third-order valence-corrected chi connectivity index (χ3v) is 0.936. The number of carbonyl (C=O) groups excluding carboxylic acids is 1. The highest BCUT2D eigenvalue weighted by Gasteiger charge is 1.79. The van der Waals surface area contributed by atoms with Gasteiger partial charge in [-0.05, 0) is 0 Å². The Morgan fingerprint density at radius 3 is 2.00 bits per heavy atom. The first-order valence-corrected chi connectivity index (χ1v) is 3.78. The lowest BCUT2D eigenvalue weighted by molar-refractivity contribution is 0.112. The van der Waals surface area contributed by atoms with Crippen LogP contribution in [0.5, 0.6) is 0 Å². The zero-order chi connectivity index (χ0) is 7.82. The minimum Gasteiger partial charge on any atom is -0.521 e. The first-order valence-electron chi connectivity index (χ1n) is 2.88. The van der Waals surface area contributed by atoms with Crippen molar-refractivity contribution in [2.75, 3.05) is 0 Å². The van der Waals surface area contributed by atoms with E-state index in [0.29, 0.717) is 16.6 Å². The second kappa shape index (κ2) is 6.50. The van der Waals surface area contributed by atoms with Crippen LogP contribution < -0.4 is 0 Å². The highest BCUT2D eigenvalue weighted by molar-refractivity contribution is 5.95. The van der Waals surface area contributed by atoms with Crippen molar-refractivity contribution in [1.29, 1.82) is 0 Å². The van der Waals surface area contributed by atoms with Crippen molar-refractivity contribution in [3.05, 3.63) is 35.9 Å². The van der Waals surface area contributed by atoms with Gasteiger partial charge in [-0.2, -0.15) is 0 Å². The summed E-state index contributed by atoms with van der Waals surface area (Å²) < 4.78 is 7.14. The lowest BCUT2D eigenvalue weighted by atomic mass is 10.2. The predicted molar refractivity (Wildman–Crippen MR) is 42.6 cm³/mol. The fraction of sp³-hybridized carbons (Fsp3) is 0. The molecule has 0 saturated carbocycles. The summed E-state index contributed by atoms with van der Waals surface area (Å²) in [5, 5.41) is 0. The topological polar surface area (TPSA) is 37.3 Å². The molecule has 0 heterocycles. The molecular weight excluding hydrogens is 143 g/mol. The zero-order valence-electron chi connectivity index (χ0n) is 5.82. The van der Waals surface area contributed by atoms with E-state index < -0.39 is 0 Å². The molecular formula is C7H9AlO2. The van der Waals surface area contributed by atoms with Gasteiger partial charge in [0, 0.05) is 5.56 Å². The maximum Gasteiger partial charge on any atom is 0.407 e. The summed E-state index contributed by atoms with van der Waals surface area (Å²) in [7, 11) is 0. The zero-order valence-corrected chi connectivity index (χ0v) is 7.82. The molecule has 0 aliphatic rings. The van der Waals surface area contributed by atoms with Crippen molar-refractivity contribution in [2.45, 2.75) is 0 Å². The number of aldehydes is 1. The standard InChI is InChI=1S/C7H6O.Al.H2O.2H/c8-6-7-4-2-1-3-5-7;;;;/h1-6H;;1H2;;/q;+1;;;/p-1. The van der Waals surface area contributed by atoms with Crippen molar-refractivity contribution < 1.29 is 8.95 Å². The molecule has 0 radical (unpaired) electrons. The third-order valence-electron chi connectivity index (χ3n) is 0.936. The van der Waals surface area contributed by atoms with E-state index in [0.717, 1.165) is 11.8 Å². The summed E-state index contributed by atoms with van der Waals surface area (Å²) in [5.41, 5.74) is 0.729. The highest BCUT2D eigenvalue weighted by atomic mass is 27.1. The molecule has 52 valence electrons. The van der Waals surface area contributed by atoms with Gasteiger partial charge in [0.15, 0.2) is 0 Å². The number of carbonyl (C=O) groups is 1. The molecule has 0 bridgehead atoms. The van der Waals surface area contributed by atoms with Crippen LogP contribution in [0.15, 0.2) is 30.3 Å². The maximum atomic E-state index is 10.0. The van der Waals surface area contributed by atoms with E-state index in [4.69, 9.17) is 4.16 Å². The van der Waals surface area contributed by atoms with Gasteiger partial charge in [-0.15, -0.1) is 0 Å². The van der Waals surface area contributed by atoms with Crippen molar-refractivity contribution in [1.82, 2.24) is 0 Å². The minimum absolute atomic E-state index is 0.306. The molecule has 0 aromatic heterocycles. The molecule has 10 heavy (non-hydrogen) atoms. The van der Waals surface area contributed by atoms with Gasteiger partial charge in [-0.1, -0.05) is 30.3 Å². The van der Waals surface area contributed by atoms with Crippen LogP contribution in [0.25, 0.3) is 0 Å². The largest absolute Gasteiger partial charge is 0.521 e. The van der Waals surface area contributed by atoms with E-state index in [9.17, 15) is 4.79 Å². The summed E-state index contributed by atoms with van der Waals surface area (Å²) in [4.78, 5) is 10.0. The lowest BCUT2D eigenvalue weighted by Gasteiger charge is -1.81. The van der Waals surface area contributed by atoms with Crippen LogP contribution in [0.3, 0.4) is 0 Å². The van der Waals surface area contributed by atoms with Gasteiger partial charge in [-0.3, -0.25) is 4.79 Å². The SMILES string of the molecule is O=Cc1ccccc1.[OH][AlH2]. The molecule has 0 atom stereocenters. The Labute approximate surface area is 68.3 Å². The highest BCUT2D eigenvalue weighted by Crippen LogP contribution is 1.91. The van der Waals surface area contributed by atoms with Gasteiger partial charge in [0.1, 0.15) is 6.29 Å². The average Bonchev–Trinajstić information content (AvgIpc) is 2.10. The van der Waals surface area contributed by atoms with E-state index in [2.05, 4.69) is 0 Å². The van der Waals surface area contributed by atoms with E-state index in [1.165, 1.54) is 0 Å². The molecule has 0 amide bonds. The third kappa shape index (κ3) is 3.42. The molecule has 3 heteroatoms. The first kappa shape index (κ1) is 9.38. The molecule has 1 aromatic carbocycles. The van der Waals surface area contributed by atoms with Gasteiger partial charge in [-0.25, -0.2) is 0 Å². The van der Waals surface area contributed by atoms with Crippen LogP contribution in [-0.2, 0) is 0 Å². The molecule has 2 nitrogen and oxygen atoms in total. The summed E-state index contributed by atoms with van der Waals surface area (Å²) in [5.74, 6) is 0. The smallest absolute Gasteiger partial charge is 0.407 e. The number of hydrogen-bond acceptors (Lipinski definition) is 2. The van der Waals surface area contributed by atoms with Crippen molar-refractivity contribution in [3.8, 4) is 0 Å². The summed E-state index contributed by atoms with van der Waals surface area (Å²) in [6.07, 6.45) is 0.833. The fourth-order valence-electron chi connectivity index (χ4n) is 0.532. The second-order valence-corrected chi connectivity index (χ2v) is 1.53. The molecule has 0 fully saturated rings. The monoisotopic (exact) mass is 152 g/mol. The molecule has 0 unspecified atom stereocenters. The Morgan fingerprint density at radius 2 is 1.70 bits per heavy atom. The maximum absolute atomic E-state index is 10.0. The van der Waals surface area contributed by atoms with Gasteiger partial charge in [0.05, 0.1) is 0 Å². The average molecular weight is 152 g/mol. The fourth-order valence-corrected chi connectivity index (χ4v) is 0.532. The van der Waals surface area contributed by atoms with E-state index in [-0.39, 0.29) is 0 Å². The van der Waals surface area contributed by atoms with Gasteiger partial charge >= 0.3 is 16.6 Å². The molecule has 1 aromatic rings. The normalized spacial score (nSPS) is 7.30. The second-order valence-electron chi connectivity index (χ2n) is 1.53. The van der Waals surface area contributed by atoms with Gasteiger partial charge in [0.25, 0.3) is 0 Å². The lowest BCUT2D eigenvalue weighted by Crippen LogP contribution is -1.73. The molecule has 1 rings (SSSR count). The van der Waals surface area contributed by atoms with Crippen molar-refractivity contribution in [3.63, 3.8) is 0 Å². The number of benzene rings is 1. The van der Waals surface area contributed by atoms with Gasteiger partial charge < -0.3 is 4.16 Å². The quantitative estimate of drug-likeness (QED) is 0.455. The van der Waals surface area contributed by atoms with Crippen LogP contribution in [-0.4, -0.2) is 27.1 Å². The van der Waals surface area contributed by atoms with Crippen LogP contribution in [0.1, 0.15) is 10.4 Å². The Morgan fingerprint density at radius 1 is 1.20 bits per heavy atom. The predicted octanol–water partition coefficient (Wildman–Crippen LogP) is 0.0259. The van der Waals surface area contributed by atoms with E-state index >= 15 is 0 Å². The Hall–Kier alpha value is -0.618. The Bertz CT molecular complexity index is 174. The van der Waals surface area contributed by atoms with Crippen molar-refractivity contribution in [2.24, 2.45) is 0 Å². The molecule has 0 aliphatic heterocycles. The summed E-state index contributed by atoms with van der Waals surface area (Å²) >= 11 is 0.306. The van der Waals surface area contributed by atoms with E-state index in [1.807, 2.05) is 18.2 Å². The van der Waals surface area contributed by atoms with E-state index in [1.54, 1.807) is 12.1 Å².